The number of H-pyrrole nitrogens is 1. The SMILES string of the molecule is O=c1[nH]cc(Br)c(=O)n1Cc1cc(F)cc(F)c1. The summed E-state index contributed by atoms with van der Waals surface area (Å²) >= 11 is 2.97. The van der Waals surface area contributed by atoms with Crippen LogP contribution in [0.3, 0.4) is 0 Å². The second kappa shape index (κ2) is 4.85. The van der Waals surface area contributed by atoms with E-state index in [1.807, 2.05) is 0 Å². The number of rotatable bonds is 2. The third-order valence-corrected chi connectivity index (χ3v) is 2.85. The highest BCUT2D eigenvalue weighted by Crippen LogP contribution is 2.08. The van der Waals surface area contributed by atoms with Crippen molar-refractivity contribution in [3.63, 3.8) is 0 Å². The fourth-order valence-electron chi connectivity index (χ4n) is 1.51. The Labute approximate surface area is 108 Å². The maximum Gasteiger partial charge on any atom is 0.328 e. The highest BCUT2D eigenvalue weighted by molar-refractivity contribution is 9.10. The third-order valence-electron chi connectivity index (χ3n) is 2.28. The van der Waals surface area contributed by atoms with Crippen molar-refractivity contribution in [2.45, 2.75) is 6.54 Å². The van der Waals surface area contributed by atoms with Gasteiger partial charge < -0.3 is 4.98 Å². The fourth-order valence-corrected chi connectivity index (χ4v) is 1.84. The highest BCUT2D eigenvalue weighted by atomic mass is 79.9. The van der Waals surface area contributed by atoms with Crippen LogP contribution >= 0.6 is 15.9 Å². The first-order chi connectivity index (χ1) is 8.47. The highest BCUT2D eigenvalue weighted by Gasteiger charge is 2.07. The molecule has 94 valence electrons. The Balaban J connectivity index is 2.49. The molecular weight excluding hydrogens is 310 g/mol. The minimum absolute atomic E-state index is 0.166. The summed E-state index contributed by atoms with van der Waals surface area (Å²) in [7, 11) is 0. The average molecular weight is 317 g/mol. The summed E-state index contributed by atoms with van der Waals surface area (Å²) in [5, 5.41) is 0. The largest absolute Gasteiger partial charge is 0.328 e. The number of aromatic amines is 1. The molecule has 0 atom stereocenters. The zero-order chi connectivity index (χ0) is 13.3. The molecule has 0 spiro atoms. The van der Waals surface area contributed by atoms with Crippen molar-refractivity contribution in [1.29, 1.82) is 0 Å². The number of halogens is 3. The van der Waals surface area contributed by atoms with Gasteiger partial charge in [0.25, 0.3) is 5.56 Å². The Hall–Kier alpha value is -1.76. The van der Waals surface area contributed by atoms with Crippen molar-refractivity contribution in [2.24, 2.45) is 0 Å². The molecule has 0 aliphatic rings. The number of nitrogens with zero attached hydrogens (tertiary/aromatic N) is 1. The van der Waals surface area contributed by atoms with E-state index in [1.165, 1.54) is 6.20 Å². The van der Waals surface area contributed by atoms with E-state index >= 15 is 0 Å². The van der Waals surface area contributed by atoms with Crippen LogP contribution in [0, 0.1) is 11.6 Å². The molecule has 0 aliphatic heterocycles. The van der Waals surface area contributed by atoms with Gasteiger partial charge in [-0.3, -0.25) is 9.36 Å². The molecule has 0 amide bonds. The summed E-state index contributed by atoms with van der Waals surface area (Å²) in [6, 6.07) is 2.85. The molecule has 1 N–H and O–H groups in total. The number of aromatic nitrogens is 2. The summed E-state index contributed by atoms with van der Waals surface area (Å²) in [5.41, 5.74) is -1.02. The molecule has 0 radical (unpaired) electrons. The molecule has 0 fully saturated rings. The standard InChI is InChI=1S/C11H7BrF2N2O2/c12-9-4-15-11(18)16(10(9)17)5-6-1-7(13)3-8(14)2-6/h1-4H,5H2,(H,15,18). The molecule has 0 aliphatic carbocycles. The summed E-state index contributed by atoms with van der Waals surface area (Å²) < 4.78 is 27.0. The molecule has 4 nitrogen and oxygen atoms in total. The smallest absolute Gasteiger partial charge is 0.313 e. The van der Waals surface area contributed by atoms with E-state index in [1.54, 1.807) is 0 Å². The zero-order valence-corrected chi connectivity index (χ0v) is 10.5. The van der Waals surface area contributed by atoms with Crippen LogP contribution in [0.1, 0.15) is 5.56 Å². The van der Waals surface area contributed by atoms with Gasteiger partial charge in [0.05, 0.1) is 11.0 Å². The molecule has 0 saturated carbocycles. The summed E-state index contributed by atoms with van der Waals surface area (Å²) in [6.07, 6.45) is 1.22. The van der Waals surface area contributed by atoms with Gasteiger partial charge in [-0.05, 0) is 33.6 Å². The van der Waals surface area contributed by atoms with Crippen LogP contribution in [-0.2, 0) is 6.54 Å². The van der Waals surface area contributed by atoms with Crippen molar-refractivity contribution in [3.05, 3.63) is 66.9 Å². The predicted molar refractivity (Wildman–Crippen MR) is 64.5 cm³/mol. The van der Waals surface area contributed by atoms with E-state index in [0.717, 1.165) is 22.8 Å². The molecule has 2 aromatic rings. The van der Waals surface area contributed by atoms with Crippen LogP contribution in [0.4, 0.5) is 8.78 Å². The number of nitrogens with one attached hydrogen (secondary N) is 1. The molecule has 7 heteroatoms. The minimum atomic E-state index is -0.760. The predicted octanol–water partition coefficient (Wildman–Crippen LogP) is 1.63. The Morgan fingerprint density at radius 2 is 1.78 bits per heavy atom. The van der Waals surface area contributed by atoms with Gasteiger partial charge in [0.15, 0.2) is 0 Å². The van der Waals surface area contributed by atoms with E-state index in [2.05, 4.69) is 20.9 Å². The average Bonchev–Trinajstić information content (AvgIpc) is 2.28. The van der Waals surface area contributed by atoms with Gasteiger partial charge >= 0.3 is 5.69 Å². The van der Waals surface area contributed by atoms with E-state index in [0.29, 0.717) is 0 Å². The van der Waals surface area contributed by atoms with Crippen molar-refractivity contribution < 1.29 is 8.78 Å². The van der Waals surface area contributed by atoms with E-state index in [4.69, 9.17) is 0 Å². The Bertz CT molecular complexity index is 689. The molecule has 0 bridgehead atoms. The monoisotopic (exact) mass is 316 g/mol. The van der Waals surface area contributed by atoms with Crippen LogP contribution < -0.4 is 11.2 Å². The maximum atomic E-state index is 13.0. The second-order valence-electron chi connectivity index (χ2n) is 3.61. The fraction of sp³-hybridized carbons (Fsp3) is 0.0909. The lowest BCUT2D eigenvalue weighted by Crippen LogP contribution is -2.35. The topological polar surface area (TPSA) is 54.9 Å². The van der Waals surface area contributed by atoms with Gasteiger partial charge in [-0.2, -0.15) is 0 Å². The van der Waals surface area contributed by atoms with Crippen LogP contribution in [-0.4, -0.2) is 9.55 Å². The normalized spacial score (nSPS) is 10.6. The maximum absolute atomic E-state index is 13.0. The third kappa shape index (κ3) is 2.56. The van der Waals surface area contributed by atoms with Crippen LogP contribution in [0.2, 0.25) is 0 Å². The summed E-state index contributed by atoms with van der Waals surface area (Å²) in [5.74, 6) is -1.52. The van der Waals surface area contributed by atoms with Crippen molar-refractivity contribution >= 4 is 15.9 Å². The zero-order valence-electron chi connectivity index (χ0n) is 8.91. The summed E-state index contributed by atoms with van der Waals surface area (Å²) in [6.45, 7) is -0.206. The first-order valence-electron chi connectivity index (χ1n) is 4.90. The lowest BCUT2D eigenvalue weighted by atomic mass is 10.2. The quantitative estimate of drug-likeness (QED) is 0.915. The lowest BCUT2D eigenvalue weighted by molar-refractivity contribution is 0.575. The second-order valence-corrected chi connectivity index (χ2v) is 4.47. The molecular formula is C11H7BrF2N2O2. The molecule has 0 saturated heterocycles. The minimum Gasteiger partial charge on any atom is -0.313 e. The molecule has 2 rings (SSSR count). The molecule has 18 heavy (non-hydrogen) atoms. The van der Waals surface area contributed by atoms with Crippen LogP contribution in [0.5, 0.6) is 0 Å². The molecule has 1 aromatic carbocycles. The number of hydrogen-bond donors (Lipinski definition) is 1. The van der Waals surface area contributed by atoms with Gasteiger partial charge in [-0.15, -0.1) is 0 Å². The van der Waals surface area contributed by atoms with Crippen LogP contribution in [0.25, 0.3) is 0 Å². The first-order valence-corrected chi connectivity index (χ1v) is 5.69. The molecule has 1 aromatic heterocycles. The van der Waals surface area contributed by atoms with Gasteiger partial charge in [0, 0.05) is 12.3 Å². The Morgan fingerprint density at radius 1 is 1.17 bits per heavy atom. The van der Waals surface area contributed by atoms with Gasteiger partial charge in [0.1, 0.15) is 11.6 Å². The number of benzene rings is 1. The summed E-state index contributed by atoms with van der Waals surface area (Å²) in [4.78, 5) is 25.5. The van der Waals surface area contributed by atoms with Gasteiger partial charge in [-0.1, -0.05) is 0 Å². The first kappa shape index (κ1) is 12.7. The van der Waals surface area contributed by atoms with E-state index < -0.39 is 22.9 Å². The lowest BCUT2D eigenvalue weighted by Gasteiger charge is -2.05. The van der Waals surface area contributed by atoms with Crippen molar-refractivity contribution in [2.75, 3.05) is 0 Å². The number of hydrogen-bond acceptors (Lipinski definition) is 2. The Morgan fingerprint density at radius 3 is 2.39 bits per heavy atom. The van der Waals surface area contributed by atoms with Gasteiger partial charge in [-0.25, -0.2) is 13.6 Å². The Kier molecular flexibility index (Phi) is 3.42. The van der Waals surface area contributed by atoms with E-state index in [-0.39, 0.29) is 16.6 Å². The molecule has 1 heterocycles. The van der Waals surface area contributed by atoms with E-state index in [9.17, 15) is 18.4 Å². The molecule has 0 unspecified atom stereocenters. The van der Waals surface area contributed by atoms with Crippen molar-refractivity contribution in [1.82, 2.24) is 9.55 Å². The van der Waals surface area contributed by atoms with Crippen LogP contribution in [0.15, 0.2) is 38.5 Å². The van der Waals surface area contributed by atoms with Crippen molar-refractivity contribution in [3.8, 4) is 0 Å². The van der Waals surface area contributed by atoms with Gasteiger partial charge in [0.2, 0.25) is 0 Å².